The number of fused-ring (bicyclic) bond motifs is 6. The van der Waals surface area contributed by atoms with Crippen LogP contribution in [-0.2, 0) is 18.7 Å². The SMILES string of the molecule is C=C1[C@@H](O[Si](C)(C)C(C)(C)C)CC[C@@]2(C)[C@H]3OC(C)(C)O[C@@H]3C3=C(C)C(=O)C[C@@H]([C@@H](O)[C@H]12)C3(C)C. The average molecular weight is 505 g/mol. The van der Waals surface area contributed by atoms with Crippen LogP contribution in [0.1, 0.15) is 81.6 Å². The van der Waals surface area contributed by atoms with Gasteiger partial charge in [-0.05, 0) is 73.9 Å². The van der Waals surface area contributed by atoms with E-state index in [9.17, 15) is 9.90 Å². The van der Waals surface area contributed by atoms with Crippen LogP contribution < -0.4 is 0 Å². The van der Waals surface area contributed by atoms with Crippen LogP contribution in [0.5, 0.6) is 0 Å². The van der Waals surface area contributed by atoms with Gasteiger partial charge in [0.05, 0.1) is 18.3 Å². The molecule has 35 heavy (non-hydrogen) atoms. The summed E-state index contributed by atoms with van der Waals surface area (Å²) in [6.07, 6.45) is 0.629. The number of ether oxygens (including phenoxy) is 2. The van der Waals surface area contributed by atoms with Crippen LogP contribution in [0.15, 0.2) is 23.3 Å². The fraction of sp³-hybridized carbons (Fsp3) is 0.828. The predicted molar refractivity (Wildman–Crippen MR) is 141 cm³/mol. The van der Waals surface area contributed by atoms with E-state index in [1.165, 1.54) is 0 Å². The molecule has 5 nitrogen and oxygen atoms in total. The van der Waals surface area contributed by atoms with Crippen molar-refractivity contribution in [2.24, 2.45) is 22.7 Å². The van der Waals surface area contributed by atoms with Gasteiger partial charge in [-0.3, -0.25) is 4.79 Å². The summed E-state index contributed by atoms with van der Waals surface area (Å²) in [6, 6.07) is 0. The van der Waals surface area contributed by atoms with Gasteiger partial charge < -0.3 is 19.0 Å². The zero-order valence-corrected chi connectivity index (χ0v) is 24.9. The Morgan fingerprint density at radius 2 is 1.71 bits per heavy atom. The number of aliphatic hydroxyl groups is 1. The van der Waals surface area contributed by atoms with Crippen molar-refractivity contribution in [3.05, 3.63) is 23.3 Å². The number of rotatable bonds is 2. The Morgan fingerprint density at radius 1 is 1.11 bits per heavy atom. The molecule has 2 saturated carbocycles. The lowest BCUT2D eigenvalue weighted by molar-refractivity contribution is -0.170. The van der Waals surface area contributed by atoms with Gasteiger partial charge in [0.2, 0.25) is 0 Å². The number of allylic oxidation sites excluding steroid dienone is 1. The first-order valence-electron chi connectivity index (χ1n) is 13.4. The number of aliphatic hydroxyl groups excluding tert-OH is 1. The van der Waals surface area contributed by atoms with Crippen molar-refractivity contribution in [2.75, 3.05) is 0 Å². The Kier molecular flexibility index (Phi) is 6.31. The summed E-state index contributed by atoms with van der Waals surface area (Å²) in [4.78, 5) is 13.2. The molecule has 0 unspecified atom stereocenters. The van der Waals surface area contributed by atoms with Crippen molar-refractivity contribution in [3.63, 3.8) is 0 Å². The summed E-state index contributed by atoms with van der Waals surface area (Å²) >= 11 is 0. The van der Waals surface area contributed by atoms with E-state index in [-0.39, 0.29) is 46.4 Å². The first kappa shape index (κ1) is 27.2. The van der Waals surface area contributed by atoms with Crippen molar-refractivity contribution in [3.8, 4) is 0 Å². The second-order valence-corrected chi connectivity index (χ2v) is 19.2. The number of hydrogen-bond donors (Lipinski definition) is 1. The van der Waals surface area contributed by atoms with Crippen LogP contribution in [0, 0.1) is 22.7 Å². The molecule has 7 atom stereocenters. The van der Waals surface area contributed by atoms with Crippen molar-refractivity contribution < 1.29 is 23.8 Å². The number of Topliss-reactive ketones (excluding diaryl/α,β-unsaturated/α-hetero) is 1. The number of ketones is 1. The van der Waals surface area contributed by atoms with Crippen molar-refractivity contribution in [1.29, 1.82) is 0 Å². The molecule has 3 aliphatic carbocycles. The Bertz CT molecular complexity index is 955. The second kappa shape index (κ2) is 8.10. The molecule has 6 heteroatoms. The van der Waals surface area contributed by atoms with Crippen LogP contribution in [0.4, 0.5) is 0 Å². The minimum atomic E-state index is -2.04. The van der Waals surface area contributed by atoms with Gasteiger partial charge in [0, 0.05) is 23.7 Å². The summed E-state index contributed by atoms with van der Waals surface area (Å²) in [7, 11) is -2.04. The molecule has 1 aliphatic heterocycles. The van der Waals surface area contributed by atoms with Crippen LogP contribution in [-0.4, -0.2) is 49.4 Å². The smallest absolute Gasteiger partial charge is 0.192 e. The molecule has 2 bridgehead atoms. The molecule has 0 amide bonds. The molecule has 1 heterocycles. The lowest BCUT2D eigenvalue weighted by Crippen LogP contribution is -2.61. The molecule has 0 aromatic rings. The van der Waals surface area contributed by atoms with E-state index in [0.717, 1.165) is 29.6 Å². The standard InChI is InChI=1S/C29H48O5Si/c1-16-19(30)15-18-23(31)21-17(2)20(34-35(11,12)26(3,4)5)13-14-29(21,10)25-24(22(16)27(18,6)7)32-28(8,9)33-25/h18,20-21,23-25,31H,2,13-15H2,1,3-12H3/t18-,20-,21-,23+,24+,25-,29+/m0/s1. The van der Waals surface area contributed by atoms with Gasteiger partial charge in [-0.2, -0.15) is 0 Å². The Labute approximate surface area is 213 Å². The van der Waals surface area contributed by atoms with E-state index in [4.69, 9.17) is 13.9 Å². The third-order valence-corrected chi connectivity index (χ3v) is 14.8. The maximum atomic E-state index is 13.2. The maximum Gasteiger partial charge on any atom is 0.192 e. The summed E-state index contributed by atoms with van der Waals surface area (Å²) in [6.45, 7) is 28.3. The Hall–Kier alpha value is -0.793. The van der Waals surface area contributed by atoms with Gasteiger partial charge in [-0.15, -0.1) is 0 Å². The van der Waals surface area contributed by atoms with Crippen LogP contribution in [0.3, 0.4) is 0 Å². The van der Waals surface area contributed by atoms with Crippen LogP contribution in [0.2, 0.25) is 18.1 Å². The molecule has 4 rings (SSSR count). The fourth-order valence-electron chi connectivity index (χ4n) is 7.26. The van der Waals surface area contributed by atoms with Crippen molar-refractivity contribution >= 4 is 14.1 Å². The molecule has 0 aromatic carbocycles. The number of hydrogen-bond acceptors (Lipinski definition) is 5. The first-order valence-corrected chi connectivity index (χ1v) is 16.3. The summed E-state index contributed by atoms with van der Waals surface area (Å²) in [5, 5.41) is 12.2. The first-order chi connectivity index (χ1) is 15.7. The highest BCUT2D eigenvalue weighted by Gasteiger charge is 2.65. The third-order valence-electron chi connectivity index (χ3n) is 10.3. The Morgan fingerprint density at radius 3 is 2.29 bits per heavy atom. The minimum Gasteiger partial charge on any atom is -0.410 e. The largest absolute Gasteiger partial charge is 0.410 e. The Balaban J connectivity index is 1.85. The second-order valence-electron chi connectivity index (χ2n) is 14.4. The highest BCUT2D eigenvalue weighted by molar-refractivity contribution is 6.74. The molecular weight excluding hydrogens is 456 g/mol. The lowest BCUT2D eigenvalue weighted by Gasteiger charge is -2.58. The molecular formula is C29H48O5Si. The van der Waals surface area contributed by atoms with E-state index in [0.29, 0.717) is 6.42 Å². The van der Waals surface area contributed by atoms with Gasteiger partial charge in [0.25, 0.3) is 0 Å². The van der Waals surface area contributed by atoms with Crippen LogP contribution in [0.25, 0.3) is 0 Å². The van der Waals surface area contributed by atoms with Gasteiger partial charge in [0.15, 0.2) is 19.9 Å². The van der Waals surface area contributed by atoms with Gasteiger partial charge in [-0.25, -0.2) is 0 Å². The number of carbonyl (C=O) groups excluding carboxylic acids is 1. The molecule has 0 radical (unpaired) electrons. The zero-order chi connectivity index (χ0) is 26.5. The highest BCUT2D eigenvalue weighted by Crippen LogP contribution is 2.62. The zero-order valence-electron chi connectivity index (χ0n) is 23.9. The van der Waals surface area contributed by atoms with E-state index in [2.05, 4.69) is 61.2 Å². The summed E-state index contributed by atoms with van der Waals surface area (Å²) in [5.41, 5.74) is 1.96. The van der Waals surface area contributed by atoms with E-state index >= 15 is 0 Å². The molecule has 4 aliphatic rings. The third kappa shape index (κ3) is 4.06. The van der Waals surface area contributed by atoms with E-state index in [1.807, 2.05) is 20.8 Å². The van der Waals surface area contributed by atoms with E-state index < -0.39 is 25.6 Å². The van der Waals surface area contributed by atoms with Gasteiger partial charge in [-0.1, -0.05) is 48.1 Å². The summed E-state index contributed by atoms with van der Waals surface area (Å²) < 4.78 is 20.2. The topological polar surface area (TPSA) is 65.0 Å². The minimum absolute atomic E-state index is 0.0834. The fourth-order valence-corrected chi connectivity index (χ4v) is 8.59. The van der Waals surface area contributed by atoms with Crippen molar-refractivity contribution in [2.45, 2.75) is 130 Å². The molecule has 198 valence electrons. The lowest BCUT2D eigenvalue weighted by atomic mass is 9.49. The quantitative estimate of drug-likeness (QED) is 0.359. The van der Waals surface area contributed by atoms with Crippen molar-refractivity contribution in [1.82, 2.24) is 0 Å². The average Bonchev–Trinajstić information content (AvgIpc) is 3.01. The molecule has 3 fully saturated rings. The monoisotopic (exact) mass is 504 g/mol. The predicted octanol–water partition coefficient (Wildman–Crippen LogP) is 6.18. The van der Waals surface area contributed by atoms with Gasteiger partial charge in [0.1, 0.15) is 6.10 Å². The molecule has 1 N–H and O–H groups in total. The molecule has 0 aromatic heterocycles. The number of carbonyl (C=O) groups is 1. The highest BCUT2D eigenvalue weighted by atomic mass is 28.4. The maximum absolute atomic E-state index is 13.2. The van der Waals surface area contributed by atoms with Gasteiger partial charge >= 0.3 is 0 Å². The molecule has 1 saturated heterocycles. The molecule has 0 spiro atoms. The summed E-state index contributed by atoms with van der Waals surface area (Å²) in [5.74, 6) is -1.12. The van der Waals surface area contributed by atoms with E-state index in [1.54, 1.807) is 0 Å². The van der Waals surface area contributed by atoms with Crippen LogP contribution >= 0.6 is 0 Å². The normalized spacial score (nSPS) is 41.3.